The van der Waals surface area contributed by atoms with Crippen molar-refractivity contribution in [1.29, 1.82) is 0 Å². The van der Waals surface area contributed by atoms with Gasteiger partial charge in [0.15, 0.2) is 0 Å². The third-order valence-electron chi connectivity index (χ3n) is 2.44. The minimum absolute atomic E-state index is 0.100. The van der Waals surface area contributed by atoms with Crippen LogP contribution in [0.3, 0.4) is 0 Å². The first-order chi connectivity index (χ1) is 8.04. The van der Waals surface area contributed by atoms with Gasteiger partial charge in [-0.2, -0.15) is 0 Å². The molecule has 0 aromatic heterocycles. The number of carbonyl (C=O) groups excluding carboxylic acids is 1. The van der Waals surface area contributed by atoms with Crippen LogP contribution < -0.4 is 5.32 Å². The van der Waals surface area contributed by atoms with Gasteiger partial charge in [0, 0.05) is 18.2 Å². The Kier molecular flexibility index (Phi) is 5.25. The lowest BCUT2D eigenvalue weighted by atomic mass is 10.1. The van der Waals surface area contributed by atoms with Crippen LogP contribution in [0.15, 0.2) is 18.2 Å². The standard InChI is InChI=1S/C12H16ClNO3/c1-8(4-5-15)7-14-12(17)10-3-2-9(13)6-11(10)16/h2-3,6,8,15-16H,4-5,7H2,1H3,(H,14,17). The average molecular weight is 258 g/mol. The quantitative estimate of drug-likeness (QED) is 0.753. The number of amides is 1. The lowest BCUT2D eigenvalue weighted by Gasteiger charge is -2.11. The molecule has 4 nitrogen and oxygen atoms in total. The second kappa shape index (κ2) is 6.47. The van der Waals surface area contributed by atoms with Crippen LogP contribution in [0.5, 0.6) is 5.75 Å². The van der Waals surface area contributed by atoms with Crippen LogP contribution >= 0.6 is 11.6 Å². The number of aliphatic hydroxyl groups excluding tert-OH is 1. The van der Waals surface area contributed by atoms with Crippen LogP contribution in [0.1, 0.15) is 23.7 Å². The lowest BCUT2D eigenvalue weighted by Crippen LogP contribution is -2.28. The van der Waals surface area contributed by atoms with Crippen LogP contribution in [0.4, 0.5) is 0 Å². The summed E-state index contributed by atoms with van der Waals surface area (Å²) in [6, 6.07) is 4.35. The lowest BCUT2D eigenvalue weighted by molar-refractivity contribution is 0.0943. The van der Waals surface area contributed by atoms with E-state index in [-0.39, 0.29) is 29.7 Å². The summed E-state index contributed by atoms with van der Waals surface area (Å²) in [5, 5.41) is 21.3. The molecule has 3 N–H and O–H groups in total. The highest BCUT2D eigenvalue weighted by Gasteiger charge is 2.12. The largest absolute Gasteiger partial charge is 0.507 e. The number of phenols is 1. The second-order valence-electron chi connectivity index (χ2n) is 3.99. The van der Waals surface area contributed by atoms with Crippen molar-refractivity contribution in [1.82, 2.24) is 5.32 Å². The topological polar surface area (TPSA) is 69.6 Å². The van der Waals surface area contributed by atoms with Gasteiger partial charge >= 0.3 is 0 Å². The monoisotopic (exact) mass is 257 g/mol. The maximum atomic E-state index is 11.7. The van der Waals surface area contributed by atoms with Gasteiger partial charge in [0.25, 0.3) is 5.91 Å². The Morgan fingerprint density at radius 1 is 1.53 bits per heavy atom. The van der Waals surface area contributed by atoms with E-state index in [4.69, 9.17) is 16.7 Å². The molecule has 1 aromatic rings. The van der Waals surface area contributed by atoms with Crippen molar-refractivity contribution in [3.63, 3.8) is 0 Å². The Labute approximate surface area is 105 Å². The van der Waals surface area contributed by atoms with Gasteiger partial charge in [-0.25, -0.2) is 0 Å². The number of hydrogen-bond acceptors (Lipinski definition) is 3. The fourth-order valence-electron chi connectivity index (χ4n) is 1.38. The van der Waals surface area contributed by atoms with E-state index in [0.717, 1.165) is 0 Å². The first-order valence-corrected chi connectivity index (χ1v) is 5.80. The predicted octanol–water partition coefficient (Wildman–Crippen LogP) is 1.79. The molecule has 1 unspecified atom stereocenters. The van der Waals surface area contributed by atoms with Crippen LogP contribution in [0.2, 0.25) is 5.02 Å². The molecule has 0 saturated heterocycles. The summed E-state index contributed by atoms with van der Waals surface area (Å²) in [5.74, 6) is -0.285. The van der Waals surface area contributed by atoms with Crippen molar-refractivity contribution in [2.45, 2.75) is 13.3 Å². The highest BCUT2D eigenvalue weighted by Crippen LogP contribution is 2.21. The Morgan fingerprint density at radius 2 is 2.24 bits per heavy atom. The number of nitrogens with one attached hydrogen (secondary N) is 1. The highest BCUT2D eigenvalue weighted by atomic mass is 35.5. The molecule has 0 spiro atoms. The summed E-state index contributed by atoms with van der Waals surface area (Å²) < 4.78 is 0. The molecule has 0 aliphatic rings. The van der Waals surface area contributed by atoms with Crippen molar-refractivity contribution in [2.75, 3.05) is 13.2 Å². The van der Waals surface area contributed by atoms with E-state index in [1.165, 1.54) is 12.1 Å². The number of rotatable bonds is 5. The van der Waals surface area contributed by atoms with Gasteiger partial charge in [0.2, 0.25) is 0 Å². The number of phenolic OH excluding ortho intramolecular Hbond substituents is 1. The minimum Gasteiger partial charge on any atom is -0.507 e. The molecule has 1 atom stereocenters. The highest BCUT2D eigenvalue weighted by molar-refractivity contribution is 6.30. The van der Waals surface area contributed by atoms with Gasteiger partial charge in [-0.15, -0.1) is 0 Å². The zero-order chi connectivity index (χ0) is 12.8. The van der Waals surface area contributed by atoms with Crippen molar-refractivity contribution < 1.29 is 15.0 Å². The van der Waals surface area contributed by atoms with E-state index >= 15 is 0 Å². The average Bonchev–Trinajstić information content (AvgIpc) is 2.26. The SMILES string of the molecule is CC(CCO)CNC(=O)c1ccc(Cl)cc1O. The number of halogens is 1. The number of aromatic hydroxyl groups is 1. The first kappa shape index (κ1) is 13.8. The summed E-state index contributed by atoms with van der Waals surface area (Å²) >= 11 is 5.67. The summed E-state index contributed by atoms with van der Waals surface area (Å²) in [6.45, 7) is 2.49. The fourth-order valence-corrected chi connectivity index (χ4v) is 1.55. The zero-order valence-corrected chi connectivity index (χ0v) is 10.4. The molecular weight excluding hydrogens is 242 g/mol. The molecule has 1 amide bonds. The van der Waals surface area contributed by atoms with E-state index in [1.807, 2.05) is 6.92 Å². The molecule has 0 aliphatic heterocycles. The zero-order valence-electron chi connectivity index (χ0n) is 9.61. The molecule has 5 heteroatoms. The summed E-state index contributed by atoms with van der Waals surface area (Å²) in [4.78, 5) is 11.7. The van der Waals surface area contributed by atoms with E-state index in [2.05, 4.69) is 5.32 Å². The van der Waals surface area contributed by atoms with Crippen molar-refractivity contribution in [2.24, 2.45) is 5.92 Å². The molecule has 0 aliphatic carbocycles. The third-order valence-corrected chi connectivity index (χ3v) is 2.67. The van der Waals surface area contributed by atoms with Gasteiger partial charge in [-0.1, -0.05) is 18.5 Å². The van der Waals surface area contributed by atoms with Crippen molar-refractivity contribution >= 4 is 17.5 Å². The molecule has 0 bridgehead atoms. The summed E-state index contributed by atoms with van der Waals surface area (Å²) in [7, 11) is 0. The molecule has 0 heterocycles. The van der Waals surface area contributed by atoms with Crippen LogP contribution in [-0.4, -0.2) is 29.3 Å². The molecule has 94 valence electrons. The molecular formula is C12H16ClNO3. The van der Waals surface area contributed by atoms with E-state index in [9.17, 15) is 9.90 Å². The Hall–Kier alpha value is -1.26. The Morgan fingerprint density at radius 3 is 2.82 bits per heavy atom. The second-order valence-corrected chi connectivity index (χ2v) is 4.43. The minimum atomic E-state index is -0.344. The van der Waals surface area contributed by atoms with E-state index < -0.39 is 0 Å². The summed E-state index contributed by atoms with van der Waals surface area (Å²) in [6.07, 6.45) is 0.632. The maximum Gasteiger partial charge on any atom is 0.255 e. The number of hydrogen-bond donors (Lipinski definition) is 3. The molecule has 0 fully saturated rings. The van der Waals surface area contributed by atoms with Crippen LogP contribution in [0, 0.1) is 5.92 Å². The molecule has 17 heavy (non-hydrogen) atoms. The third kappa shape index (κ3) is 4.24. The molecule has 1 rings (SSSR count). The van der Waals surface area contributed by atoms with Gasteiger partial charge < -0.3 is 15.5 Å². The first-order valence-electron chi connectivity index (χ1n) is 5.42. The van der Waals surface area contributed by atoms with Gasteiger partial charge in [0.05, 0.1) is 5.56 Å². The van der Waals surface area contributed by atoms with E-state index in [0.29, 0.717) is 18.0 Å². The smallest absolute Gasteiger partial charge is 0.255 e. The van der Waals surface area contributed by atoms with E-state index in [1.54, 1.807) is 6.07 Å². The van der Waals surface area contributed by atoms with Crippen molar-refractivity contribution in [3.05, 3.63) is 28.8 Å². The molecule has 1 aromatic carbocycles. The van der Waals surface area contributed by atoms with Crippen LogP contribution in [-0.2, 0) is 0 Å². The number of aliphatic hydroxyl groups is 1. The van der Waals surface area contributed by atoms with Gasteiger partial charge in [-0.05, 0) is 30.5 Å². The maximum absolute atomic E-state index is 11.7. The van der Waals surface area contributed by atoms with Crippen molar-refractivity contribution in [3.8, 4) is 5.75 Å². The fraction of sp³-hybridized carbons (Fsp3) is 0.417. The van der Waals surface area contributed by atoms with Gasteiger partial charge in [0.1, 0.15) is 5.75 Å². The Bertz CT molecular complexity index is 395. The molecule has 0 radical (unpaired) electrons. The predicted molar refractivity (Wildman–Crippen MR) is 66.3 cm³/mol. The Balaban J connectivity index is 2.58. The van der Waals surface area contributed by atoms with Crippen LogP contribution in [0.25, 0.3) is 0 Å². The normalized spacial score (nSPS) is 12.2. The number of carbonyl (C=O) groups is 1. The molecule has 0 saturated carbocycles. The number of benzene rings is 1. The van der Waals surface area contributed by atoms with Gasteiger partial charge in [-0.3, -0.25) is 4.79 Å². The summed E-state index contributed by atoms with van der Waals surface area (Å²) in [5.41, 5.74) is 0.200.